The van der Waals surface area contributed by atoms with Crippen LogP contribution >= 0.6 is 11.6 Å². The third kappa shape index (κ3) is 2.47. The van der Waals surface area contributed by atoms with Crippen LogP contribution in [0.15, 0.2) is 47.1 Å². The molecule has 0 saturated heterocycles. The van der Waals surface area contributed by atoms with Crippen LogP contribution in [0, 0.1) is 0 Å². The van der Waals surface area contributed by atoms with Crippen molar-refractivity contribution >= 4 is 22.7 Å². The number of halogens is 1. The van der Waals surface area contributed by atoms with Crippen molar-refractivity contribution in [2.24, 2.45) is 0 Å². The van der Waals surface area contributed by atoms with Crippen LogP contribution in [0.2, 0.25) is 5.02 Å². The highest BCUT2D eigenvalue weighted by Gasteiger charge is 2.10. The van der Waals surface area contributed by atoms with Crippen molar-refractivity contribution in [1.82, 2.24) is 4.98 Å². The number of pyridine rings is 1. The molecule has 0 saturated carbocycles. The molecule has 0 amide bonds. The molecule has 3 nitrogen and oxygen atoms in total. The van der Waals surface area contributed by atoms with E-state index in [0.29, 0.717) is 10.9 Å². The number of nitrogens with zero attached hydrogens (tertiary/aromatic N) is 2. The summed E-state index contributed by atoms with van der Waals surface area (Å²) >= 11 is 5.94. The van der Waals surface area contributed by atoms with E-state index in [1.165, 1.54) is 0 Å². The lowest BCUT2D eigenvalue weighted by atomic mass is 10.2. The summed E-state index contributed by atoms with van der Waals surface area (Å²) in [6.07, 6.45) is 5.20. The van der Waals surface area contributed by atoms with Gasteiger partial charge in [-0.1, -0.05) is 18.5 Å². The second-order valence-electron chi connectivity index (χ2n) is 4.46. The molecule has 2 aromatic heterocycles. The van der Waals surface area contributed by atoms with Gasteiger partial charge in [0.2, 0.25) is 5.89 Å². The molecule has 96 valence electrons. The van der Waals surface area contributed by atoms with Crippen LogP contribution in [-0.4, -0.2) is 4.98 Å². The molecule has 2 heterocycles. The Kier molecular flexibility index (Phi) is 3.22. The molecule has 0 bridgehead atoms. The largest absolute Gasteiger partial charge is 0.436 e. The topological polar surface area (TPSA) is 29.9 Å². The first-order valence-electron chi connectivity index (χ1n) is 6.32. The maximum absolute atomic E-state index is 5.94. The third-order valence-electron chi connectivity index (χ3n) is 2.97. The van der Waals surface area contributed by atoms with Crippen LogP contribution in [-0.2, 0) is 6.54 Å². The lowest BCUT2D eigenvalue weighted by Crippen LogP contribution is -2.31. The monoisotopic (exact) mass is 273 g/mol. The predicted molar refractivity (Wildman–Crippen MR) is 74.9 cm³/mol. The molecule has 0 N–H and O–H groups in total. The Labute approximate surface area is 116 Å². The minimum Gasteiger partial charge on any atom is -0.436 e. The van der Waals surface area contributed by atoms with Gasteiger partial charge in [0, 0.05) is 29.1 Å². The summed E-state index contributed by atoms with van der Waals surface area (Å²) in [6, 6.07) is 9.49. The molecule has 4 heteroatoms. The zero-order chi connectivity index (χ0) is 13.2. The van der Waals surface area contributed by atoms with E-state index in [0.717, 1.165) is 29.6 Å². The number of aryl methyl sites for hydroxylation is 1. The van der Waals surface area contributed by atoms with Gasteiger partial charge in [-0.25, -0.2) is 9.55 Å². The molecule has 0 aliphatic carbocycles. The molecule has 19 heavy (non-hydrogen) atoms. The van der Waals surface area contributed by atoms with Gasteiger partial charge in [0.25, 0.3) is 0 Å². The van der Waals surface area contributed by atoms with Crippen molar-refractivity contribution in [3.63, 3.8) is 0 Å². The first-order chi connectivity index (χ1) is 9.26. The first kappa shape index (κ1) is 12.2. The van der Waals surface area contributed by atoms with Gasteiger partial charge < -0.3 is 4.42 Å². The molecule has 3 aromatic rings. The summed E-state index contributed by atoms with van der Waals surface area (Å²) in [5, 5.41) is 0.668. The second-order valence-corrected chi connectivity index (χ2v) is 4.89. The van der Waals surface area contributed by atoms with E-state index in [2.05, 4.69) is 16.5 Å². The molecule has 0 fully saturated rings. The van der Waals surface area contributed by atoms with E-state index in [1.54, 1.807) is 6.07 Å². The first-order valence-corrected chi connectivity index (χ1v) is 6.69. The predicted octanol–water partition coefficient (Wildman–Crippen LogP) is 3.85. The molecular weight excluding hydrogens is 260 g/mol. The fraction of sp³-hybridized carbons (Fsp3) is 0.200. The molecule has 0 aliphatic rings. The van der Waals surface area contributed by atoms with E-state index < -0.39 is 0 Å². The molecule has 0 unspecified atom stereocenters. The average molecular weight is 274 g/mol. The highest BCUT2D eigenvalue weighted by Crippen LogP contribution is 2.25. The summed E-state index contributed by atoms with van der Waals surface area (Å²) < 4.78 is 7.87. The lowest BCUT2D eigenvalue weighted by Gasteiger charge is -1.95. The Hall–Kier alpha value is -1.87. The van der Waals surface area contributed by atoms with Crippen molar-refractivity contribution in [2.75, 3.05) is 0 Å². The van der Waals surface area contributed by atoms with E-state index >= 15 is 0 Å². The second kappa shape index (κ2) is 5.02. The van der Waals surface area contributed by atoms with Crippen molar-refractivity contribution < 1.29 is 8.98 Å². The van der Waals surface area contributed by atoms with Crippen LogP contribution in [0.4, 0.5) is 0 Å². The van der Waals surface area contributed by atoms with Crippen molar-refractivity contribution in [3.05, 3.63) is 47.7 Å². The van der Waals surface area contributed by atoms with E-state index in [-0.39, 0.29) is 0 Å². The number of hydrogen-bond donors (Lipinski definition) is 0. The maximum atomic E-state index is 5.94. The summed E-state index contributed by atoms with van der Waals surface area (Å²) in [7, 11) is 0. The number of benzene rings is 1. The zero-order valence-corrected chi connectivity index (χ0v) is 11.4. The molecule has 3 rings (SSSR count). The fourth-order valence-electron chi connectivity index (χ4n) is 2.03. The van der Waals surface area contributed by atoms with E-state index in [9.17, 15) is 0 Å². The Morgan fingerprint density at radius 2 is 2.00 bits per heavy atom. The van der Waals surface area contributed by atoms with Crippen LogP contribution in [0.3, 0.4) is 0 Å². The van der Waals surface area contributed by atoms with Crippen molar-refractivity contribution in [2.45, 2.75) is 19.9 Å². The Bertz CT molecular complexity index is 704. The molecular formula is C15H14ClN2O+. The summed E-state index contributed by atoms with van der Waals surface area (Å²) in [5.41, 5.74) is 2.51. The van der Waals surface area contributed by atoms with Gasteiger partial charge in [0.05, 0.1) is 0 Å². The van der Waals surface area contributed by atoms with Gasteiger partial charge in [-0.3, -0.25) is 0 Å². The SMILES string of the molecule is CCC[n+]1ccc(-c2nc3cc(Cl)ccc3o2)cc1. The minimum atomic E-state index is 0.626. The molecule has 0 aliphatic heterocycles. The minimum absolute atomic E-state index is 0.626. The van der Waals surface area contributed by atoms with Gasteiger partial charge >= 0.3 is 0 Å². The quantitative estimate of drug-likeness (QED) is 0.679. The smallest absolute Gasteiger partial charge is 0.227 e. The van der Waals surface area contributed by atoms with Gasteiger partial charge in [-0.15, -0.1) is 0 Å². The summed E-state index contributed by atoms with van der Waals surface area (Å²) in [6.45, 7) is 3.18. The Morgan fingerprint density at radius 1 is 1.21 bits per heavy atom. The van der Waals surface area contributed by atoms with E-state index in [4.69, 9.17) is 16.0 Å². The van der Waals surface area contributed by atoms with Gasteiger partial charge in [-0.05, 0) is 18.2 Å². The molecule has 0 radical (unpaired) electrons. The van der Waals surface area contributed by atoms with Crippen LogP contribution in [0.1, 0.15) is 13.3 Å². The molecule has 1 aromatic carbocycles. The lowest BCUT2D eigenvalue weighted by molar-refractivity contribution is -0.696. The summed E-state index contributed by atoms with van der Waals surface area (Å²) in [5.74, 6) is 0.626. The number of oxazole rings is 1. The van der Waals surface area contributed by atoms with Crippen LogP contribution in [0.5, 0.6) is 0 Å². The Morgan fingerprint density at radius 3 is 2.74 bits per heavy atom. The van der Waals surface area contributed by atoms with Crippen molar-refractivity contribution in [1.29, 1.82) is 0 Å². The Balaban J connectivity index is 1.99. The highest BCUT2D eigenvalue weighted by molar-refractivity contribution is 6.31. The zero-order valence-electron chi connectivity index (χ0n) is 10.6. The number of aromatic nitrogens is 2. The highest BCUT2D eigenvalue weighted by atomic mass is 35.5. The van der Waals surface area contributed by atoms with Gasteiger partial charge in [-0.2, -0.15) is 0 Å². The fourth-order valence-corrected chi connectivity index (χ4v) is 2.20. The number of fused-ring (bicyclic) bond motifs is 1. The van der Waals surface area contributed by atoms with Crippen LogP contribution < -0.4 is 4.57 Å². The van der Waals surface area contributed by atoms with Gasteiger partial charge in [0.15, 0.2) is 18.0 Å². The normalized spacial score (nSPS) is 11.1. The molecule has 0 spiro atoms. The number of rotatable bonds is 3. The van der Waals surface area contributed by atoms with Crippen molar-refractivity contribution in [3.8, 4) is 11.5 Å². The molecule has 0 atom stereocenters. The van der Waals surface area contributed by atoms with Crippen LogP contribution in [0.25, 0.3) is 22.6 Å². The number of hydrogen-bond acceptors (Lipinski definition) is 2. The standard InChI is InChI=1S/C15H14ClN2O/c1-2-7-18-8-5-11(6-9-18)15-17-13-10-12(16)3-4-14(13)19-15/h3-6,8-10H,2,7H2,1H3/q+1. The average Bonchev–Trinajstić information content (AvgIpc) is 2.83. The van der Waals surface area contributed by atoms with Gasteiger partial charge in [0.1, 0.15) is 12.1 Å². The van der Waals surface area contributed by atoms with E-state index in [1.807, 2.05) is 36.7 Å². The third-order valence-corrected chi connectivity index (χ3v) is 3.20. The maximum Gasteiger partial charge on any atom is 0.227 e. The summed E-state index contributed by atoms with van der Waals surface area (Å²) in [4.78, 5) is 4.46.